The Hall–Kier alpha value is -2.35. The molecule has 4 aliphatic carbocycles. The number of amides is 2. The lowest BCUT2D eigenvalue weighted by Crippen LogP contribution is -2.47. The number of rotatable bonds is 6. The van der Waals surface area contributed by atoms with E-state index in [1.54, 1.807) is 6.07 Å². The number of nitrogens with zero attached hydrogens (tertiary/aromatic N) is 1. The van der Waals surface area contributed by atoms with Crippen LogP contribution >= 0.6 is 0 Å². The van der Waals surface area contributed by atoms with Crippen LogP contribution in [-0.4, -0.2) is 11.8 Å². The molecule has 2 amide bonds. The van der Waals surface area contributed by atoms with Gasteiger partial charge >= 0.3 is 0 Å². The number of para-hydroxylation sites is 1. The minimum Gasteiger partial charge on any atom is -0.352 e. The van der Waals surface area contributed by atoms with Crippen molar-refractivity contribution in [3.05, 3.63) is 29.8 Å². The Balaban J connectivity index is 1.35. The highest BCUT2D eigenvalue weighted by molar-refractivity contribution is 5.92. The minimum atomic E-state index is -0.329. The highest BCUT2D eigenvalue weighted by atomic mass is 16.2. The third-order valence-corrected chi connectivity index (χ3v) is 6.71. The fraction of sp³-hybridized carbons (Fsp3) is 0.591. The van der Waals surface area contributed by atoms with E-state index in [1.807, 2.05) is 24.3 Å². The molecule has 5 heteroatoms. The summed E-state index contributed by atoms with van der Waals surface area (Å²) in [6.45, 7) is 0.397. The zero-order chi connectivity index (χ0) is 18.9. The Bertz CT molecular complexity index is 745. The van der Waals surface area contributed by atoms with E-state index in [4.69, 9.17) is 5.26 Å². The summed E-state index contributed by atoms with van der Waals surface area (Å²) in [5.41, 5.74) is 1.76. The quantitative estimate of drug-likeness (QED) is 0.805. The molecule has 2 N–H and O–H groups in total. The van der Waals surface area contributed by atoms with Gasteiger partial charge in [-0.05, 0) is 73.3 Å². The summed E-state index contributed by atoms with van der Waals surface area (Å²) in [4.78, 5) is 24.4. The maximum atomic E-state index is 12.7. The van der Waals surface area contributed by atoms with Crippen LogP contribution in [-0.2, 0) is 16.1 Å². The molecule has 5 nitrogen and oxygen atoms in total. The van der Waals surface area contributed by atoms with Crippen molar-refractivity contribution in [3.63, 3.8) is 0 Å². The maximum absolute atomic E-state index is 12.7. The largest absolute Gasteiger partial charge is 0.352 e. The lowest BCUT2D eigenvalue weighted by atomic mass is 9.49. The van der Waals surface area contributed by atoms with Gasteiger partial charge in [-0.25, -0.2) is 0 Å². The molecule has 5 rings (SSSR count). The summed E-state index contributed by atoms with van der Waals surface area (Å²) in [5, 5.41) is 14.5. The first-order chi connectivity index (χ1) is 13.0. The number of nitrogens with one attached hydrogen (secondary N) is 2. The first-order valence-electron chi connectivity index (χ1n) is 10.1. The summed E-state index contributed by atoms with van der Waals surface area (Å²) < 4.78 is 0. The highest BCUT2D eigenvalue weighted by Crippen LogP contribution is 2.61. The number of benzene rings is 1. The van der Waals surface area contributed by atoms with Crippen molar-refractivity contribution in [2.45, 2.75) is 57.9 Å². The molecule has 4 fully saturated rings. The molecule has 0 unspecified atom stereocenters. The molecule has 0 saturated heterocycles. The van der Waals surface area contributed by atoms with Crippen molar-refractivity contribution in [2.24, 2.45) is 23.2 Å². The Morgan fingerprint density at radius 1 is 1.04 bits per heavy atom. The summed E-state index contributed by atoms with van der Waals surface area (Å²) in [7, 11) is 0. The van der Waals surface area contributed by atoms with Gasteiger partial charge in [-0.2, -0.15) is 5.26 Å². The predicted molar refractivity (Wildman–Crippen MR) is 102 cm³/mol. The molecule has 4 saturated carbocycles. The van der Waals surface area contributed by atoms with Gasteiger partial charge < -0.3 is 10.6 Å². The van der Waals surface area contributed by atoms with Crippen molar-refractivity contribution in [1.82, 2.24) is 5.32 Å². The van der Waals surface area contributed by atoms with E-state index in [2.05, 4.69) is 10.6 Å². The summed E-state index contributed by atoms with van der Waals surface area (Å²) in [6, 6.07) is 9.27. The van der Waals surface area contributed by atoms with Crippen LogP contribution in [0.1, 0.15) is 56.9 Å². The first-order valence-corrected chi connectivity index (χ1v) is 10.1. The standard InChI is InChI=1S/C22H27N3O2/c23-6-5-20(26)25-19-4-2-1-3-18(19)14-24-21(27)13-22-10-15-7-16(11-22)9-17(8-15)12-22/h1-4,15-17H,5,7-14H2,(H,24,27)(H,25,26). The van der Waals surface area contributed by atoms with Crippen molar-refractivity contribution < 1.29 is 9.59 Å². The second kappa shape index (κ2) is 7.34. The summed E-state index contributed by atoms with van der Waals surface area (Å²) >= 11 is 0. The molecule has 1 aromatic rings. The Labute approximate surface area is 160 Å². The molecular weight excluding hydrogens is 338 g/mol. The van der Waals surface area contributed by atoms with Crippen molar-refractivity contribution >= 4 is 17.5 Å². The van der Waals surface area contributed by atoms with E-state index >= 15 is 0 Å². The van der Waals surface area contributed by atoms with Crippen LogP contribution in [0, 0.1) is 34.5 Å². The van der Waals surface area contributed by atoms with Gasteiger partial charge in [0.1, 0.15) is 6.42 Å². The van der Waals surface area contributed by atoms with Gasteiger partial charge in [0.2, 0.25) is 11.8 Å². The topological polar surface area (TPSA) is 82.0 Å². The molecule has 0 heterocycles. The fourth-order valence-corrected chi connectivity index (χ4v) is 6.17. The molecule has 0 radical (unpaired) electrons. The molecular formula is C22H27N3O2. The smallest absolute Gasteiger partial charge is 0.238 e. The Morgan fingerprint density at radius 3 is 2.30 bits per heavy atom. The van der Waals surface area contributed by atoms with Gasteiger partial charge in [-0.1, -0.05) is 18.2 Å². The van der Waals surface area contributed by atoms with E-state index in [0.717, 1.165) is 23.3 Å². The third-order valence-electron chi connectivity index (χ3n) is 6.71. The number of carbonyl (C=O) groups excluding carboxylic acids is 2. The number of carbonyl (C=O) groups is 2. The second-order valence-electron chi connectivity index (χ2n) is 8.91. The van der Waals surface area contributed by atoms with E-state index in [1.165, 1.54) is 38.5 Å². The van der Waals surface area contributed by atoms with Crippen LogP contribution in [0.2, 0.25) is 0 Å². The molecule has 142 valence electrons. The highest BCUT2D eigenvalue weighted by Gasteiger charge is 2.51. The van der Waals surface area contributed by atoms with Gasteiger partial charge in [-0.15, -0.1) is 0 Å². The monoisotopic (exact) mass is 365 g/mol. The first kappa shape index (κ1) is 18.0. The van der Waals surface area contributed by atoms with E-state index in [-0.39, 0.29) is 23.7 Å². The summed E-state index contributed by atoms with van der Waals surface area (Å²) in [5.74, 6) is 2.33. The predicted octanol–water partition coefficient (Wildman–Crippen LogP) is 3.76. The normalized spacial score (nSPS) is 30.6. The number of anilines is 1. The minimum absolute atomic E-state index is 0.120. The molecule has 0 spiro atoms. The molecule has 0 atom stereocenters. The SMILES string of the molecule is N#CCC(=O)Nc1ccccc1CNC(=O)CC12CC3CC(CC(C3)C1)C2. The Kier molecular flexibility index (Phi) is 4.90. The number of hydrogen-bond donors (Lipinski definition) is 2. The third kappa shape index (κ3) is 4.00. The van der Waals surface area contributed by atoms with Gasteiger partial charge in [0.05, 0.1) is 6.07 Å². The molecule has 27 heavy (non-hydrogen) atoms. The van der Waals surface area contributed by atoms with Gasteiger partial charge in [0, 0.05) is 18.7 Å². The van der Waals surface area contributed by atoms with Gasteiger partial charge in [0.25, 0.3) is 0 Å². The molecule has 0 aliphatic heterocycles. The van der Waals surface area contributed by atoms with E-state index in [9.17, 15) is 9.59 Å². The Morgan fingerprint density at radius 2 is 1.67 bits per heavy atom. The molecule has 4 bridgehead atoms. The van der Waals surface area contributed by atoms with Crippen LogP contribution in [0.5, 0.6) is 0 Å². The zero-order valence-electron chi connectivity index (χ0n) is 15.7. The fourth-order valence-electron chi connectivity index (χ4n) is 6.17. The van der Waals surface area contributed by atoms with Crippen LogP contribution in [0.25, 0.3) is 0 Å². The van der Waals surface area contributed by atoms with Crippen LogP contribution in [0.3, 0.4) is 0 Å². The number of nitriles is 1. The average Bonchev–Trinajstić information content (AvgIpc) is 2.59. The van der Waals surface area contributed by atoms with Crippen molar-refractivity contribution in [1.29, 1.82) is 5.26 Å². The molecule has 1 aromatic carbocycles. The maximum Gasteiger partial charge on any atom is 0.238 e. The molecule has 0 aromatic heterocycles. The van der Waals surface area contributed by atoms with E-state index in [0.29, 0.717) is 18.7 Å². The van der Waals surface area contributed by atoms with Crippen molar-refractivity contribution in [2.75, 3.05) is 5.32 Å². The summed E-state index contributed by atoms with van der Waals surface area (Å²) in [6.07, 6.45) is 8.31. The van der Waals surface area contributed by atoms with Gasteiger partial charge in [-0.3, -0.25) is 9.59 Å². The van der Waals surface area contributed by atoms with Crippen LogP contribution < -0.4 is 10.6 Å². The number of hydrogen-bond acceptors (Lipinski definition) is 3. The lowest BCUT2D eigenvalue weighted by molar-refractivity contribution is -0.129. The van der Waals surface area contributed by atoms with Crippen LogP contribution in [0.4, 0.5) is 5.69 Å². The molecule has 4 aliphatic rings. The second-order valence-corrected chi connectivity index (χ2v) is 8.91. The lowest BCUT2D eigenvalue weighted by Gasteiger charge is -2.56. The van der Waals surface area contributed by atoms with Crippen molar-refractivity contribution in [3.8, 4) is 6.07 Å². The zero-order valence-corrected chi connectivity index (χ0v) is 15.7. The van der Waals surface area contributed by atoms with Crippen LogP contribution in [0.15, 0.2) is 24.3 Å². The van der Waals surface area contributed by atoms with Gasteiger partial charge in [0.15, 0.2) is 0 Å². The average molecular weight is 365 g/mol. The van der Waals surface area contributed by atoms with E-state index < -0.39 is 0 Å².